The lowest BCUT2D eigenvalue weighted by molar-refractivity contribution is 0.0987. The molecule has 0 radical (unpaired) electrons. The third-order valence-electron chi connectivity index (χ3n) is 2.29. The highest BCUT2D eigenvalue weighted by Crippen LogP contribution is 2.12. The number of hydrogen-bond acceptors (Lipinski definition) is 3. The molecule has 0 aliphatic rings. The largest absolute Gasteiger partial charge is 0.310 e. The average molecular weight is 231 g/mol. The van der Waals surface area contributed by atoms with E-state index in [1.165, 1.54) is 23.1 Å². The number of nitrogens with zero attached hydrogens (tertiary/aromatic N) is 3. The monoisotopic (exact) mass is 231 g/mol. The fourth-order valence-electron chi connectivity index (χ4n) is 1.38. The Morgan fingerprint density at radius 2 is 1.94 bits per heavy atom. The second-order valence-electron chi connectivity index (χ2n) is 3.42. The normalized spacial score (nSPS) is 10.0. The van der Waals surface area contributed by atoms with Gasteiger partial charge in [0.05, 0.1) is 0 Å². The molecule has 0 saturated heterocycles. The number of pyridine rings is 2. The van der Waals surface area contributed by atoms with Crippen LogP contribution in [0.15, 0.2) is 42.7 Å². The molecule has 0 N–H and O–H groups in total. The zero-order chi connectivity index (χ0) is 12.3. The van der Waals surface area contributed by atoms with Crippen LogP contribution in [-0.4, -0.2) is 22.9 Å². The lowest BCUT2D eigenvalue weighted by atomic mass is 10.3. The van der Waals surface area contributed by atoms with E-state index in [-0.39, 0.29) is 11.6 Å². The Kier molecular flexibility index (Phi) is 3.09. The minimum absolute atomic E-state index is 0.0734. The van der Waals surface area contributed by atoms with Gasteiger partial charge in [-0.05, 0) is 24.3 Å². The van der Waals surface area contributed by atoms with Gasteiger partial charge in [-0.25, -0.2) is 4.98 Å². The molecule has 0 aromatic carbocycles. The van der Waals surface area contributed by atoms with Crippen LogP contribution in [-0.2, 0) is 0 Å². The third kappa shape index (κ3) is 2.44. The molecule has 0 unspecified atom stereocenters. The van der Waals surface area contributed by atoms with Gasteiger partial charge in [0.2, 0.25) is 5.95 Å². The third-order valence-corrected chi connectivity index (χ3v) is 2.29. The van der Waals surface area contributed by atoms with E-state index in [0.717, 1.165) is 0 Å². The summed E-state index contributed by atoms with van der Waals surface area (Å²) in [5.74, 6) is -1.03. The summed E-state index contributed by atoms with van der Waals surface area (Å²) < 4.78 is 12.9. The van der Waals surface area contributed by atoms with Crippen molar-refractivity contribution in [2.75, 3.05) is 11.9 Å². The molecular formula is C12H10FN3O. The number of halogens is 1. The summed E-state index contributed by atoms with van der Waals surface area (Å²) in [5, 5.41) is 0. The predicted molar refractivity (Wildman–Crippen MR) is 61.2 cm³/mol. The van der Waals surface area contributed by atoms with Crippen LogP contribution >= 0.6 is 0 Å². The molecule has 5 heteroatoms. The Labute approximate surface area is 97.7 Å². The van der Waals surface area contributed by atoms with Crippen molar-refractivity contribution in [3.63, 3.8) is 0 Å². The summed E-state index contributed by atoms with van der Waals surface area (Å²) in [6.07, 6.45) is 3.16. The molecule has 86 valence electrons. The van der Waals surface area contributed by atoms with Crippen molar-refractivity contribution < 1.29 is 9.18 Å². The SMILES string of the molecule is CN(C(=O)c1cccc(F)n1)c1ccncc1. The van der Waals surface area contributed by atoms with Crippen molar-refractivity contribution in [2.45, 2.75) is 0 Å². The number of hydrogen-bond donors (Lipinski definition) is 0. The van der Waals surface area contributed by atoms with Crippen molar-refractivity contribution in [1.29, 1.82) is 0 Å². The summed E-state index contributed by atoms with van der Waals surface area (Å²) >= 11 is 0. The lowest BCUT2D eigenvalue weighted by Crippen LogP contribution is -2.27. The Hall–Kier alpha value is -2.30. The summed E-state index contributed by atoms with van der Waals surface area (Å²) in [7, 11) is 1.60. The van der Waals surface area contributed by atoms with E-state index < -0.39 is 5.95 Å². The van der Waals surface area contributed by atoms with Gasteiger partial charge in [-0.3, -0.25) is 9.78 Å². The second-order valence-corrected chi connectivity index (χ2v) is 3.42. The van der Waals surface area contributed by atoms with Gasteiger partial charge in [0.1, 0.15) is 5.69 Å². The Balaban J connectivity index is 2.27. The molecule has 0 aliphatic heterocycles. The highest BCUT2D eigenvalue weighted by molar-refractivity contribution is 6.04. The number of carbonyl (C=O) groups is 1. The fraction of sp³-hybridized carbons (Fsp3) is 0.0833. The van der Waals surface area contributed by atoms with Gasteiger partial charge in [-0.2, -0.15) is 4.39 Å². The summed E-state index contributed by atoms with van der Waals surface area (Å²) in [6, 6.07) is 7.51. The molecule has 2 aromatic rings. The van der Waals surface area contributed by atoms with Crippen molar-refractivity contribution in [3.8, 4) is 0 Å². The van der Waals surface area contributed by atoms with E-state index in [1.807, 2.05) is 0 Å². The zero-order valence-corrected chi connectivity index (χ0v) is 9.17. The molecular weight excluding hydrogens is 221 g/mol. The molecule has 2 rings (SSSR count). The summed E-state index contributed by atoms with van der Waals surface area (Å²) in [4.78, 5) is 20.8. The fourth-order valence-corrected chi connectivity index (χ4v) is 1.38. The molecule has 0 bridgehead atoms. The predicted octanol–water partition coefficient (Wildman–Crippen LogP) is 1.89. The first-order valence-corrected chi connectivity index (χ1v) is 4.99. The van der Waals surface area contributed by atoms with Crippen LogP contribution < -0.4 is 4.90 Å². The van der Waals surface area contributed by atoms with Crippen LogP contribution in [0, 0.1) is 5.95 Å². The van der Waals surface area contributed by atoms with Crippen LogP contribution in [0.25, 0.3) is 0 Å². The van der Waals surface area contributed by atoms with Crippen molar-refractivity contribution in [2.24, 2.45) is 0 Å². The van der Waals surface area contributed by atoms with Gasteiger partial charge < -0.3 is 4.90 Å². The van der Waals surface area contributed by atoms with Crippen LogP contribution in [0.3, 0.4) is 0 Å². The maximum absolute atomic E-state index is 12.9. The van der Waals surface area contributed by atoms with E-state index in [1.54, 1.807) is 31.6 Å². The molecule has 0 spiro atoms. The Morgan fingerprint density at radius 3 is 2.59 bits per heavy atom. The molecule has 1 amide bonds. The van der Waals surface area contributed by atoms with Gasteiger partial charge >= 0.3 is 0 Å². The van der Waals surface area contributed by atoms with Crippen LogP contribution in [0.5, 0.6) is 0 Å². The maximum atomic E-state index is 12.9. The highest BCUT2D eigenvalue weighted by atomic mass is 19.1. The molecule has 0 fully saturated rings. The van der Waals surface area contributed by atoms with Crippen molar-refractivity contribution >= 4 is 11.6 Å². The standard InChI is InChI=1S/C12H10FN3O/c1-16(9-5-7-14-8-6-9)12(17)10-3-2-4-11(13)15-10/h2-8H,1H3. The van der Waals surface area contributed by atoms with Crippen LogP contribution in [0.4, 0.5) is 10.1 Å². The molecule has 0 aliphatic carbocycles. The maximum Gasteiger partial charge on any atom is 0.276 e. The van der Waals surface area contributed by atoms with E-state index in [9.17, 15) is 9.18 Å². The topological polar surface area (TPSA) is 46.1 Å². The van der Waals surface area contributed by atoms with E-state index in [0.29, 0.717) is 5.69 Å². The highest BCUT2D eigenvalue weighted by Gasteiger charge is 2.14. The smallest absolute Gasteiger partial charge is 0.276 e. The lowest BCUT2D eigenvalue weighted by Gasteiger charge is -2.16. The molecule has 2 aromatic heterocycles. The zero-order valence-electron chi connectivity index (χ0n) is 9.17. The van der Waals surface area contributed by atoms with Crippen molar-refractivity contribution in [3.05, 3.63) is 54.4 Å². The van der Waals surface area contributed by atoms with E-state index in [4.69, 9.17) is 0 Å². The van der Waals surface area contributed by atoms with Gasteiger partial charge in [0.15, 0.2) is 0 Å². The van der Waals surface area contributed by atoms with Crippen LogP contribution in [0.2, 0.25) is 0 Å². The van der Waals surface area contributed by atoms with Gasteiger partial charge in [-0.1, -0.05) is 6.07 Å². The minimum Gasteiger partial charge on any atom is -0.310 e. The number of amides is 1. The van der Waals surface area contributed by atoms with Crippen molar-refractivity contribution in [1.82, 2.24) is 9.97 Å². The van der Waals surface area contributed by atoms with E-state index in [2.05, 4.69) is 9.97 Å². The quantitative estimate of drug-likeness (QED) is 0.741. The molecule has 17 heavy (non-hydrogen) atoms. The first kappa shape index (κ1) is 11.2. The Bertz CT molecular complexity index is 530. The second kappa shape index (κ2) is 4.69. The average Bonchev–Trinajstić information content (AvgIpc) is 2.38. The molecule has 0 atom stereocenters. The molecule has 4 nitrogen and oxygen atoms in total. The van der Waals surface area contributed by atoms with Crippen LogP contribution in [0.1, 0.15) is 10.5 Å². The minimum atomic E-state index is -0.668. The van der Waals surface area contributed by atoms with E-state index >= 15 is 0 Å². The Morgan fingerprint density at radius 1 is 1.24 bits per heavy atom. The first-order valence-electron chi connectivity index (χ1n) is 4.99. The van der Waals surface area contributed by atoms with Gasteiger partial charge in [0, 0.05) is 25.1 Å². The number of rotatable bonds is 2. The number of aromatic nitrogens is 2. The van der Waals surface area contributed by atoms with Gasteiger partial charge in [0.25, 0.3) is 5.91 Å². The number of carbonyl (C=O) groups excluding carboxylic acids is 1. The molecule has 2 heterocycles. The first-order chi connectivity index (χ1) is 8.18. The summed E-state index contributed by atoms with van der Waals surface area (Å²) in [5.41, 5.74) is 0.750. The summed E-state index contributed by atoms with van der Waals surface area (Å²) in [6.45, 7) is 0. The van der Waals surface area contributed by atoms with Gasteiger partial charge in [-0.15, -0.1) is 0 Å². The number of anilines is 1. The molecule has 0 saturated carbocycles.